The molecule has 0 bridgehead atoms. The third-order valence-electron chi connectivity index (χ3n) is 3.14. The Bertz CT molecular complexity index is 435. The summed E-state index contributed by atoms with van der Waals surface area (Å²) in [5.41, 5.74) is 0.923. The highest BCUT2D eigenvalue weighted by atomic mass is 35.5. The largest absolute Gasteiger partial charge is 0.369 e. The van der Waals surface area contributed by atoms with E-state index in [0.29, 0.717) is 18.1 Å². The highest BCUT2D eigenvalue weighted by Gasteiger charge is 2.11. The number of carbonyl (C=O) groups is 1. The van der Waals surface area contributed by atoms with Crippen molar-refractivity contribution in [3.63, 3.8) is 0 Å². The van der Waals surface area contributed by atoms with Crippen LogP contribution in [0.1, 0.15) is 39.2 Å². The molecule has 0 aromatic carbocycles. The number of rotatable bonds is 8. The molecule has 0 fully saturated rings. The predicted octanol–water partition coefficient (Wildman–Crippen LogP) is 2.75. The first-order valence-electron chi connectivity index (χ1n) is 7.14. The molecule has 112 valence electrons. The molecule has 1 aromatic heterocycles. The van der Waals surface area contributed by atoms with Gasteiger partial charge in [-0.3, -0.25) is 4.79 Å². The zero-order valence-electron chi connectivity index (χ0n) is 12.4. The van der Waals surface area contributed by atoms with Gasteiger partial charge in [0.2, 0.25) is 5.91 Å². The van der Waals surface area contributed by atoms with E-state index in [2.05, 4.69) is 22.2 Å². The summed E-state index contributed by atoms with van der Waals surface area (Å²) < 4.78 is 0. The van der Waals surface area contributed by atoms with E-state index in [1.807, 2.05) is 18.7 Å². The van der Waals surface area contributed by atoms with Gasteiger partial charge in [-0.05, 0) is 20.3 Å². The number of carbonyl (C=O) groups excluding carboxylic acids is 1. The fraction of sp³-hybridized carbons (Fsp3) is 0.643. The summed E-state index contributed by atoms with van der Waals surface area (Å²) in [4.78, 5) is 21.9. The van der Waals surface area contributed by atoms with Crippen LogP contribution in [0, 0.1) is 0 Å². The zero-order chi connectivity index (χ0) is 15.0. The average molecular weight is 299 g/mol. The molecule has 20 heavy (non-hydrogen) atoms. The molecule has 6 heteroatoms. The van der Waals surface area contributed by atoms with Crippen LogP contribution in [0.4, 0.5) is 5.82 Å². The summed E-state index contributed by atoms with van der Waals surface area (Å²) in [5.74, 6) is 0.888. The summed E-state index contributed by atoms with van der Waals surface area (Å²) >= 11 is 6.08. The van der Waals surface area contributed by atoms with Crippen LogP contribution in [-0.2, 0) is 11.2 Å². The number of anilines is 1. The Morgan fingerprint density at radius 1 is 1.30 bits per heavy atom. The lowest BCUT2D eigenvalue weighted by atomic mass is 10.2. The number of halogens is 1. The molecule has 0 radical (unpaired) electrons. The Balaban J connectivity index is 2.58. The van der Waals surface area contributed by atoms with Crippen LogP contribution in [0.5, 0.6) is 0 Å². The molecule has 0 aliphatic heterocycles. The molecule has 0 unspecified atom stereocenters. The monoisotopic (exact) mass is 298 g/mol. The molecular formula is C14H23ClN4O. The van der Waals surface area contributed by atoms with Gasteiger partial charge in [0, 0.05) is 31.6 Å². The van der Waals surface area contributed by atoms with Gasteiger partial charge >= 0.3 is 0 Å². The lowest BCUT2D eigenvalue weighted by Gasteiger charge is -2.19. The molecule has 5 nitrogen and oxygen atoms in total. The Morgan fingerprint density at radius 3 is 2.60 bits per heavy atom. The van der Waals surface area contributed by atoms with Gasteiger partial charge < -0.3 is 10.2 Å². The first kappa shape index (κ1) is 16.7. The SMILES string of the molecule is CCCc1c(Cl)ncnc1NCCC(=O)N(CC)CC. The van der Waals surface area contributed by atoms with Crippen LogP contribution >= 0.6 is 11.6 Å². The Kier molecular flexibility index (Phi) is 7.30. The maximum absolute atomic E-state index is 11.9. The minimum absolute atomic E-state index is 0.152. The predicted molar refractivity (Wildman–Crippen MR) is 82.1 cm³/mol. The normalized spacial score (nSPS) is 10.4. The maximum atomic E-state index is 11.9. The summed E-state index contributed by atoms with van der Waals surface area (Å²) in [7, 11) is 0. The quantitative estimate of drug-likeness (QED) is 0.750. The summed E-state index contributed by atoms with van der Waals surface area (Å²) in [5, 5.41) is 3.68. The summed E-state index contributed by atoms with van der Waals surface area (Å²) in [6.45, 7) is 8.10. The molecule has 1 N–H and O–H groups in total. The third-order valence-corrected chi connectivity index (χ3v) is 3.47. The van der Waals surface area contributed by atoms with Crippen molar-refractivity contribution in [3.8, 4) is 0 Å². The fourth-order valence-corrected chi connectivity index (χ4v) is 2.26. The van der Waals surface area contributed by atoms with Gasteiger partial charge in [0.25, 0.3) is 0 Å². The summed E-state index contributed by atoms with van der Waals surface area (Å²) in [6, 6.07) is 0. The van der Waals surface area contributed by atoms with E-state index >= 15 is 0 Å². The van der Waals surface area contributed by atoms with Crippen LogP contribution in [-0.4, -0.2) is 40.4 Å². The first-order valence-corrected chi connectivity index (χ1v) is 7.52. The molecule has 1 heterocycles. The van der Waals surface area contributed by atoms with Crippen LogP contribution in [0.3, 0.4) is 0 Å². The van der Waals surface area contributed by atoms with Gasteiger partial charge in [0.15, 0.2) is 0 Å². The van der Waals surface area contributed by atoms with E-state index in [9.17, 15) is 4.79 Å². The zero-order valence-corrected chi connectivity index (χ0v) is 13.2. The van der Waals surface area contributed by atoms with Gasteiger partial charge in [-0.1, -0.05) is 24.9 Å². The second kappa shape index (κ2) is 8.74. The topological polar surface area (TPSA) is 58.1 Å². The van der Waals surface area contributed by atoms with Gasteiger partial charge in [-0.2, -0.15) is 0 Å². The van der Waals surface area contributed by atoms with Crippen molar-refractivity contribution in [1.29, 1.82) is 0 Å². The Hall–Kier alpha value is -1.36. The highest BCUT2D eigenvalue weighted by molar-refractivity contribution is 6.30. The number of hydrogen-bond acceptors (Lipinski definition) is 4. The molecule has 1 amide bonds. The average Bonchev–Trinajstić information content (AvgIpc) is 2.44. The van der Waals surface area contributed by atoms with Crippen molar-refractivity contribution < 1.29 is 4.79 Å². The standard InChI is InChI=1S/C14H23ClN4O/c1-4-7-11-13(15)17-10-18-14(11)16-9-8-12(20)19(5-2)6-3/h10H,4-9H2,1-3H3,(H,16,17,18). The van der Waals surface area contributed by atoms with E-state index in [0.717, 1.165) is 37.3 Å². The van der Waals surface area contributed by atoms with E-state index in [1.165, 1.54) is 6.33 Å². The van der Waals surface area contributed by atoms with E-state index in [4.69, 9.17) is 11.6 Å². The molecule has 1 rings (SSSR count). The number of amides is 1. The van der Waals surface area contributed by atoms with Crippen LogP contribution < -0.4 is 5.32 Å². The molecule has 0 saturated heterocycles. The van der Waals surface area contributed by atoms with E-state index < -0.39 is 0 Å². The lowest BCUT2D eigenvalue weighted by Crippen LogP contribution is -2.31. The van der Waals surface area contributed by atoms with E-state index in [1.54, 1.807) is 0 Å². The molecular weight excluding hydrogens is 276 g/mol. The number of aromatic nitrogens is 2. The van der Waals surface area contributed by atoms with Gasteiger partial charge in [-0.15, -0.1) is 0 Å². The van der Waals surface area contributed by atoms with Gasteiger partial charge in [0.1, 0.15) is 17.3 Å². The van der Waals surface area contributed by atoms with Crippen molar-refractivity contribution in [2.24, 2.45) is 0 Å². The van der Waals surface area contributed by atoms with Crippen molar-refractivity contribution >= 4 is 23.3 Å². The minimum atomic E-state index is 0.152. The second-order valence-corrected chi connectivity index (χ2v) is 4.84. The molecule has 0 atom stereocenters. The highest BCUT2D eigenvalue weighted by Crippen LogP contribution is 2.21. The van der Waals surface area contributed by atoms with Crippen LogP contribution in [0.15, 0.2) is 6.33 Å². The minimum Gasteiger partial charge on any atom is -0.369 e. The van der Waals surface area contributed by atoms with Crippen molar-refractivity contribution in [3.05, 3.63) is 17.0 Å². The molecule has 0 aliphatic rings. The Morgan fingerprint density at radius 2 is 2.00 bits per heavy atom. The van der Waals surface area contributed by atoms with Gasteiger partial charge in [-0.25, -0.2) is 9.97 Å². The molecule has 0 saturated carbocycles. The van der Waals surface area contributed by atoms with Crippen LogP contribution in [0.25, 0.3) is 0 Å². The third kappa shape index (κ3) is 4.63. The van der Waals surface area contributed by atoms with Gasteiger partial charge in [0.05, 0.1) is 0 Å². The number of nitrogens with one attached hydrogen (secondary N) is 1. The van der Waals surface area contributed by atoms with Crippen molar-refractivity contribution in [1.82, 2.24) is 14.9 Å². The van der Waals surface area contributed by atoms with Crippen molar-refractivity contribution in [2.45, 2.75) is 40.0 Å². The first-order chi connectivity index (χ1) is 9.63. The van der Waals surface area contributed by atoms with Crippen LogP contribution in [0.2, 0.25) is 5.15 Å². The lowest BCUT2D eigenvalue weighted by molar-refractivity contribution is -0.130. The number of hydrogen-bond donors (Lipinski definition) is 1. The molecule has 0 aliphatic carbocycles. The molecule has 0 spiro atoms. The Labute approximate surface area is 125 Å². The number of nitrogens with zero attached hydrogens (tertiary/aromatic N) is 3. The maximum Gasteiger partial charge on any atom is 0.224 e. The second-order valence-electron chi connectivity index (χ2n) is 4.48. The smallest absolute Gasteiger partial charge is 0.224 e. The fourth-order valence-electron chi connectivity index (χ4n) is 2.04. The van der Waals surface area contributed by atoms with Crippen molar-refractivity contribution in [2.75, 3.05) is 25.0 Å². The molecule has 1 aromatic rings. The van der Waals surface area contributed by atoms with E-state index in [-0.39, 0.29) is 5.91 Å². The summed E-state index contributed by atoms with van der Waals surface area (Å²) in [6.07, 6.45) is 3.69.